The van der Waals surface area contributed by atoms with Crippen LogP contribution < -0.4 is 10.6 Å². The van der Waals surface area contributed by atoms with Crippen molar-refractivity contribution in [1.29, 1.82) is 0 Å². The van der Waals surface area contributed by atoms with Crippen molar-refractivity contribution in [2.75, 3.05) is 17.2 Å². The Labute approximate surface area is 119 Å². The summed E-state index contributed by atoms with van der Waals surface area (Å²) in [6.45, 7) is 2.87. The molecule has 2 N–H and O–H groups in total. The molecular weight excluding hydrogens is 248 g/mol. The first-order valence-electron chi connectivity index (χ1n) is 6.92. The zero-order valence-corrected chi connectivity index (χ0v) is 11.5. The fraction of sp³-hybridized carbons (Fsp3) is 0.235. The van der Waals surface area contributed by atoms with Crippen LogP contribution in [0.15, 0.2) is 48.5 Å². The Balaban J connectivity index is 1.64. The van der Waals surface area contributed by atoms with E-state index in [9.17, 15) is 4.79 Å². The molecule has 102 valence electrons. The number of fused-ring (bicyclic) bond motifs is 1. The van der Waals surface area contributed by atoms with Crippen molar-refractivity contribution < 1.29 is 4.79 Å². The highest BCUT2D eigenvalue weighted by molar-refractivity contribution is 5.91. The first kappa shape index (κ1) is 12.7. The van der Waals surface area contributed by atoms with Gasteiger partial charge < -0.3 is 10.6 Å². The molecule has 20 heavy (non-hydrogen) atoms. The van der Waals surface area contributed by atoms with Gasteiger partial charge in [-0.25, -0.2) is 0 Å². The molecule has 3 heteroatoms. The van der Waals surface area contributed by atoms with Crippen LogP contribution >= 0.6 is 0 Å². The van der Waals surface area contributed by atoms with Gasteiger partial charge in [-0.2, -0.15) is 0 Å². The van der Waals surface area contributed by atoms with Gasteiger partial charge in [0.2, 0.25) is 5.91 Å². The summed E-state index contributed by atoms with van der Waals surface area (Å²) in [5, 5.41) is 6.31. The molecule has 1 heterocycles. The Kier molecular flexibility index (Phi) is 3.42. The molecule has 0 saturated heterocycles. The van der Waals surface area contributed by atoms with Crippen LogP contribution in [0.1, 0.15) is 23.5 Å². The molecule has 0 saturated carbocycles. The van der Waals surface area contributed by atoms with Gasteiger partial charge in [-0.05, 0) is 30.7 Å². The third-order valence-corrected chi connectivity index (χ3v) is 3.71. The summed E-state index contributed by atoms with van der Waals surface area (Å²) in [5.41, 5.74) is 4.45. The number of rotatable bonds is 3. The second-order valence-electron chi connectivity index (χ2n) is 5.28. The standard InChI is InChI=1S/C17H18N2O/c1-12-6-8-14(9-7-12)19-17(20)10-13-11-18-16-5-3-2-4-15(13)16/h2-9,13,18H,10-11H2,1H3,(H,19,20). The van der Waals surface area contributed by atoms with Crippen LogP contribution in [0.2, 0.25) is 0 Å². The lowest BCUT2D eigenvalue weighted by molar-refractivity contribution is -0.116. The number of amides is 1. The Morgan fingerprint density at radius 2 is 1.95 bits per heavy atom. The molecule has 3 nitrogen and oxygen atoms in total. The number of benzene rings is 2. The molecule has 1 aliphatic rings. The van der Waals surface area contributed by atoms with Gasteiger partial charge >= 0.3 is 0 Å². The minimum Gasteiger partial charge on any atom is -0.384 e. The molecule has 3 rings (SSSR count). The molecule has 0 radical (unpaired) electrons. The van der Waals surface area contributed by atoms with E-state index in [2.05, 4.69) is 22.8 Å². The monoisotopic (exact) mass is 266 g/mol. The van der Waals surface area contributed by atoms with E-state index in [-0.39, 0.29) is 11.8 Å². The molecule has 0 aromatic heterocycles. The molecule has 0 aliphatic carbocycles. The summed E-state index contributed by atoms with van der Waals surface area (Å²) < 4.78 is 0. The van der Waals surface area contributed by atoms with Gasteiger partial charge in [0, 0.05) is 30.3 Å². The van der Waals surface area contributed by atoms with Gasteiger partial charge in [0.1, 0.15) is 0 Å². The van der Waals surface area contributed by atoms with Crippen LogP contribution in [-0.4, -0.2) is 12.5 Å². The lowest BCUT2D eigenvalue weighted by Crippen LogP contribution is -2.16. The number of aryl methyl sites for hydroxylation is 1. The predicted molar refractivity (Wildman–Crippen MR) is 82.1 cm³/mol. The molecule has 2 aromatic carbocycles. The van der Waals surface area contributed by atoms with Crippen LogP contribution in [-0.2, 0) is 4.79 Å². The third kappa shape index (κ3) is 2.67. The summed E-state index contributed by atoms with van der Waals surface area (Å²) in [7, 11) is 0. The Hall–Kier alpha value is -2.29. The molecule has 0 fully saturated rings. The third-order valence-electron chi connectivity index (χ3n) is 3.71. The largest absolute Gasteiger partial charge is 0.384 e. The van der Waals surface area contributed by atoms with Gasteiger partial charge in [-0.15, -0.1) is 0 Å². The normalized spacial score (nSPS) is 16.4. The summed E-state index contributed by atoms with van der Waals surface area (Å²) in [6, 6.07) is 16.1. The first-order chi connectivity index (χ1) is 9.72. The van der Waals surface area contributed by atoms with Crippen molar-refractivity contribution in [3.8, 4) is 0 Å². The van der Waals surface area contributed by atoms with Gasteiger partial charge in [0.05, 0.1) is 0 Å². The van der Waals surface area contributed by atoms with E-state index in [0.717, 1.165) is 17.9 Å². The van der Waals surface area contributed by atoms with E-state index >= 15 is 0 Å². The van der Waals surface area contributed by atoms with Crippen molar-refractivity contribution in [3.05, 3.63) is 59.7 Å². The minimum absolute atomic E-state index is 0.0670. The molecule has 0 bridgehead atoms. The predicted octanol–water partition coefficient (Wildman–Crippen LogP) is 3.53. The number of nitrogens with one attached hydrogen (secondary N) is 2. The van der Waals surface area contributed by atoms with Crippen LogP contribution in [0.5, 0.6) is 0 Å². The van der Waals surface area contributed by atoms with Crippen LogP contribution in [0.4, 0.5) is 11.4 Å². The summed E-state index contributed by atoms with van der Waals surface area (Å²) >= 11 is 0. The Bertz CT molecular complexity index is 619. The minimum atomic E-state index is 0.0670. The maximum Gasteiger partial charge on any atom is 0.225 e. The van der Waals surface area contributed by atoms with Crippen molar-refractivity contribution >= 4 is 17.3 Å². The van der Waals surface area contributed by atoms with Gasteiger partial charge in [0.25, 0.3) is 0 Å². The van der Waals surface area contributed by atoms with Crippen LogP contribution in [0, 0.1) is 6.92 Å². The van der Waals surface area contributed by atoms with E-state index < -0.39 is 0 Å². The van der Waals surface area contributed by atoms with Crippen molar-refractivity contribution in [2.24, 2.45) is 0 Å². The van der Waals surface area contributed by atoms with Gasteiger partial charge in [-0.1, -0.05) is 35.9 Å². The summed E-state index contributed by atoms with van der Waals surface area (Å²) in [4.78, 5) is 12.1. The quantitative estimate of drug-likeness (QED) is 0.892. The number of anilines is 2. The second-order valence-corrected chi connectivity index (χ2v) is 5.28. The highest BCUT2D eigenvalue weighted by atomic mass is 16.1. The summed E-state index contributed by atoms with van der Waals surface area (Å²) in [6.07, 6.45) is 0.512. The highest BCUT2D eigenvalue weighted by Gasteiger charge is 2.23. The molecule has 1 aliphatic heterocycles. The zero-order chi connectivity index (χ0) is 13.9. The van der Waals surface area contributed by atoms with E-state index in [1.165, 1.54) is 11.1 Å². The van der Waals surface area contributed by atoms with Gasteiger partial charge in [-0.3, -0.25) is 4.79 Å². The average molecular weight is 266 g/mol. The van der Waals surface area contributed by atoms with Crippen LogP contribution in [0.3, 0.4) is 0 Å². The maximum atomic E-state index is 12.1. The van der Waals surface area contributed by atoms with E-state index in [1.54, 1.807) is 0 Å². The van der Waals surface area contributed by atoms with Crippen molar-refractivity contribution in [3.63, 3.8) is 0 Å². The molecule has 0 spiro atoms. The Morgan fingerprint density at radius 3 is 2.75 bits per heavy atom. The molecule has 1 unspecified atom stereocenters. The smallest absolute Gasteiger partial charge is 0.225 e. The average Bonchev–Trinajstić information content (AvgIpc) is 2.85. The van der Waals surface area contributed by atoms with Gasteiger partial charge in [0.15, 0.2) is 0 Å². The molecule has 1 amide bonds. The SMILES string of the molecule is Cc1ccc(NC(=O)CC2CNc3ccccc32)cc1. The first-order valence-corrected chi connectivity index (χ1v) is 6.92. The van der Waals surface area contributed by atoms with Crippen LogP contribution in [0.25, 0.3) is 0 Å². The number of hydrogen-bond donors (Lipinski definition) is 2. The lowest BCUT2D eigenvalue weighted by Gasteiger charge is -2.10. The summed E-state index contributed by atoms with van der Waals surface area (Å²) in [5.74, 6) is 0.328. The zero-order valence-electron chi connectivity index (χ0n) is 11.5. The lowest BCUT2D eigenvalue weighted by atomic mass is 9.97. The van der Waals surface area contributed by atoms with E-state index in [4.69, 9.17) is 0 Å². The van der Waals surface area contributed by atoms with E-state index in [0.29, 0.717) is 6.42 Å². The number of hydrogen-bond acceptors (Lipinski definition) is 2. The van der Waals surface area contributed by atoms with Crippen molar-refractivity contribution in [2.45, 2.75) is 19.3 Å². The number of carbonyl (C=O) groups excluding carboxylic acids is 1. The molecular formula is C17H18N2O. The molecule has 1 atom stereocenters. The highest BCUT2D eigenvalue weighted by Crippen LogP contribution is 2.33. The number of para-hydroxylation sites is 1. The van der Waals surface area contributed by atoms with Crippen molar-refractivity contribution in [1.82, 2.24) is 0 Å². The fourth-order valence-corrected chi connectivity index (χ4v) is 2.61. The molecule has 2 aromatic rings. The second kappa shape index (κ2) is 5.37. The fourth-order valence-electron chi connectivity index (χ4n) is 2.61. The number of carbonyl (C=O) groups is 1. The van der Waals surface area contributed by atoms with E-state index in [1.807, 2.05) is 43.3 Å². The topological polar surface area (TPSA) is 41.1 Å². The maximum absolute atomic E-state index is 12.1. The Morgan fingerprint density at radius 1 is 1.20 bits per heavy atom.